The highest BCUT2D eigenvalue weighted by atomic mass is 14.7. The Morgan fingerprint density at radius 2 is 1.33 bits per heavy atom. The molecule has 1 N–H and O–H groups in total. The third-order valence-electron chi connectivity index (χ3n) is 3.69. The van der Waals surface area contributed by atoms with E-state index in [0.29, 0.717) is 0 Å². The van der Waals surface area contributed by atoms with Crippen LogP contribution in [0.3, 0.4) is 0 Å². The first-order chi connectivity index (χ1) is 8.83. The minimum atomic E-state index is 1.23. The van der Waals surface area contributed by atoms with Crippen molar-refractivity contribution in [3.63, 3.8) is 0 Å². The lowest BCUT2D eigenvalue weighted by molar-refractivity contribution is 0.555. The van der Waals surface area contributed by atoms with E-state index in [1.807, 2.05) is 0 Å². The molecule has 0 radical (unpaired) electrons. The summed E-state index contributed by atoms with van der Waals surface area (Å²) in [5, 5.41) is 0. The lowest BCUT2D eigenvalue weighted by Crippen LogP contribution is -1.87. The number of nitrogens with one attached hydrogen (secondary N) is 1. The van der Waals surface area contributed by atoms with Gasteiger partial charge in [-0.3, -0.25) is 0 Å². The van der Waals surface area contributed by atoms with Crippen LogP contribution in [-0.2, 0) is 6.42 Å². The first-order valence-electron chi connectivity index (χ1n) is 7.97. The van der Waals surface area contributed by atoms with Gasteiger partial charge in [-0.25, -0.2) is 0 Å². The van der Waals surface area contributed by atoms with Crippen molar-refractivity contribution in [2.45, 2.75) is 84.5 Å². The number of aromatic nitrogens is 1. The van der Waals surface area contributed by atoms with Crippen LogP contribution in [0.4, 0.5) is 0 Å². The summed E-state index contributed by atoms with van der Waals surface area (Å²) in [4.78, 5) is 3.41. The van der Waals surface area contributed by atoms with Crippen LogP contribution < -0.4 is 0 Å². The average molecular weight is 249 g/mol. The van der Waals surface area contributed by atoms with Crippen LogP contribution in [0, 0.1) is 6.92 Å². The van der Waals surface area contributed by atoms with Crippen molar-refractivity contribution < 1.29 is 0 Å². The molecule has 0 bridgehead atoms. The zero-order chi connectivity index (χ0) is 13.1. The summed E-state index contributed by atoms with van der Waals surface area (Å²) in [6, 6.07) is 4.40. The number of hydrogen-bond acceptors (Lipinski definition) is 0. The van der Waals surface area contributed by atoms with Crippen molar-refractivity contribution in [3.05, 3.63) is 23.5 Å². The summed E-state index contributed by atoms with van der Waals surface area (Å²) in [6.07, 6.45) is 15.4. The first-order valence-corrected chi connectivity index (χ1v) is 7.97. The molecule has 1 nitrogen and oxygen atoms in total. The van der Waals surface area contributed by atoms with Crippen molar-refractivity contribution in [3.8, 4) is 0 Å². The largest absolute Gasteiger partial charge is 0.363 e. The van der Waals surface area contributed by atoms with Gasteiger partial charge in [0.05, 0.1) is 0 Å². The van der Waals surface area contributed by atoms with Crippen molar-refractivity contribution in [1.82, 2.24) is 4.98 Å². The van der Waals surface area contributed by atoms with E-state index in [1.54, 1.807) is 0 Å². The molecule has 0 aliphatic carbocycles. The molecule has 0 aliphatic rings. The summed E-state index contributed by atoms with van der Waals surface area (Å²) < 4.78 is 0. The number of aromatic amines is 1. The van der Waals surface area contributed by atoms with Gasteiger partial charge in [0.25, 0.3) is 0 Å². The molecule has 0 spiro atoms. The maximum Gasteiger partial charge on any atom is 0.0149 e. The van der Waals surface area contributed by atoms with Crippen molar-refractivity contribution in [1.29, 1.82) is 0 Å². The van der Waals surface area contributed by atoms with Crippen LogP contribution in [0.1, 0.15) is 82.5 Å². The molecular formula is C17H31N. The normalized spacial score (nSPS) is 11.0. The predicted molar refractivity (Wildman–Crippen MR) is 81.1 cm³/mol. The third kappa shape index (κ3) is 7.58. The SMILES string of the molecule is CCCCCCCCCCCCc1ccc(C)[nH]1. The summed E-state index contributed by atoms with van der Waals surface area (Å²) in [7, 11) is 0. The summed E-state index contributed by atoms with van der Waals surface area (Å²) in [6.45, 7) is 4.41. The highest BCUT2D eigenvalue weighted by Gasteiger charge is 1.96. The number of aryl methyl sites for hydroxylation is 2. The van der Waals surface area contributed by atoms with Crippen LogP contribution >= 0.6 is 0 Å². The Bertz CT molecular complexity index is 288. The van der Waals surface area contributed by atoms with Crippen LogP contribution in [0.15, 0.2) is 12.1 Å². The van der Waals surface area contributed by atoms with Gasteiger partial charge in [-0.05, 0) is 31.9 Å². The van der Waals surface area contributed by atoms with Gasteiger partial charge in [0.2, 0.25) is 0 Å². The van der Waals surface area contributed by atoms with Gasteiger partial charge < -0.3 is 4.98 Å². The zero-order valence-corrected chi connectivity index (χ0v) is 12.4. The molecule has 0 fully saturated rings. The number of hydrogen-bond donors (Lipinski definition) is 1. The second kappa shape index (κ2) is 10.2. The van der Waals surface area contributed by atoms with Crippen molar-refractivity contribution in [2.24, 2.45) is 0 Å². The summed E-state index contributed by atoms with van der Waals surface area (Å²) in [5.74, 6) is 0. The molecule has 0 saturated heterocycles. The Labute approximate surface area is 113 Å². The molecule has 1 aromatic rings. The molecule has 1 rings (SSSR count). The van der Waals surface area contributed by atoms with Crippen LogP contribution in [0.25, 0.3) is 0 Å². The Morgan fingerprint density at radius 1 is 0.778 bits per heavy atom. The smallest absolute Gasteiger partial charge is 0.0149 e. The minimum Gasteiger partial charge on any atom is -0.363 e. The van der Waals surface area contributed by atoms with E-state index in [1.165, 1.54) is 82.0 Å². The van der Waals surface area contributed by atoms with Crippen molar-refractivity contribution in [2.75, 3.05) is 0 Å². The van der Waals surface area contributed by atoms with Gasteiger partial charge in [0.1, 0.15) is 0 Å². The zero-order valence-electron chi connectivity index (χ0n) is 12.4. The molecule has 0 atom stereocenters. The van der Waals surface area contributed by atoms with E-state index < -0.39 is 0 Å². The Balaban J connectivity index is 1.81. The van der Waals surface area contributed by atoms with Gasteiger partial charge in [-0.15, -0.1) is 0 Å². The standard InChI is InChI=1S/C17H31N/c1-3-4-5-6-7-8-9-10-11-12-13-17-15-14-16(2)18-17/h14-15,18H,3-13H2,1-2H3. The fourth-order valence-electron chi connectivity index (χ4n) is 2.51. The Kier molecular flexibility index (Phi) is 8.71. The Hall–Kier alpha value is -0.720. The van der Waals surface area contributed by atoms with Gasteiger partial charge in [0, 0.05) is 11.4 Å². The second-order valence-electron chi connectivity index (χ2n) is 5.60. The molecule has 0 aliphatic heterocycles. The first kappa shape index (κ1) is 15.3. The molecule has 0 saturated carbocycles. The van der Waals surface area contributed by atoms with E-state index in [-0.39, 0.29) is 0 Å². The predicted octanol–water partition coefficient (Wildman–Crippen LogP) is 5.79. The van der Waals surface area contributed by atoms with E-state index in [0.717, 1.165) is 0 Å². The number of H-pyrrole nitrogens is 1. The monoisotopic (exact) mass is 249 g/mol. The molecule has 1 heteroatoms. The Morgan fingerprint density at radius 3 is 1.83 bits per heavy atom. The summed E-state index contributed by atoms with van der Waals surface area (Å²) in [5.41, 5.74) is 2.70. The molecule has 0 unspecified atom stereocenters. The van der Waals surface area contributed by atoms with E-state index in [9.17, 15) is 0 Å². The molecule has 0 aromatic carbocycles. The molecular weight excluding hydrogens is 218 g/mol. The maximum absolute atomic E-state index is 3.41. The molecule has 18 heavy (non-hydrogen) atoms. The van der Waals surface area contributed by atoms with E-state index in [2.05, 4.69) is 31.0 Å². The second-order valence-corrected chi connectivity index (χ2v) is 5.60. The van der Waals surface area contributed by atoms with Crippen LogP contribution in [0.2, 0.25) is 0 Å². The van der Waals surface area contributed by atoms with Crippen LogP contribution in [0.5, 0.6) is 0 Å². The van der Waals surface area contributed by atoms with Gasteiger partial charge >= 0.3 is 0 Å². The van der Waals surface area contributed by atoms with Gasteiger partial charge in [-0.2, -0.15) is 0 Å². The fourth-order valence-corrected chi connectivity index (χ4v) is 2.51. The van der Waals surface area contributed by atoms with E-state index >= 15 is 0 Å². The maximum atomic E-state index is 3.41. The minimum absolute atomic E-state index is 1.23. The molecule has 1 heterocycles. The topological polar surface area (TPSA) is 15.8 Å². The van der Waals surface area contributed by atoms with Gasteiger partial charge in [0.15, 0.2) is 0 Å². The lowest BCUT2D eigenvalue weighted by Gasteiger charge is -2.02. The lowest BCUT2D eigenvalue weighted by atomic mass is 10.1. The molecule has 0 amide bonds. The van der Waals surface area contributed by atoms with Gasteiger partial charge in [-0.1, -0.05) is 64.7 Å². The highest BCUT2D eigenvalue weighted by molar-refractivity contribution is 5.11. The summed E-state index contributed by atoms with van der Waals surface area (Å²) >= 11 is 0. The third-order valence-corrected chi connectivity index (χ3v) is 3.69. The number of rotatable bonds is 11. The van der Waals surface area contributed by atoms with Crippen molar-refractivity contribution >= 4 is 0 Å². The van der Waals surface area contributed by atoms with E-state index in [4.69, 9.17) is 0 Å². The highest BCUT2D eigenvalue weighted by Crippen LogP contribution is 2.12. The van der Waals surface area contributed by atoms with Crippen LogP contribution in [-0.4, -0.2) is 4.98 Å². The molecule has 1 aromatic heterocycles. The average Bonchev–Trinajstić information content (AvgIpc) is 2.77. The molecule has 104 valence electrons. The fraction of sp³-hybridized carbons (Fsp3) is 0.765. The quantitative estimate of drug-likeness (QED) is 0.478. The number of unbranched alkanes of at least 4 members (excludes halogenated alkanes) is 9.